The summed E-state index contributed by atoms with van der Waals surface area (Å²) in [5, 5.41) is 12.3. The van der Waals surface area contributed by atoms with Crippen molar-refractivity contribution in [3.63, 3.8) is 0 Å². The summed E-state index contributed by atoms with van der Waals surface area (Å²) in [6, 6.07) is -0.568. The van der Waals surface area contributed by atoms with Crippen LogP contribution in [0.4, 0.5) is 4.79 Å². The second kappa shape index (κ2) is 6.19. The summed E-state index contributed by atoms with van der Waals surface area (Å²) >= 11 is 0. The van der Waals surface area contributed by atoms with Gasteiger partial charge in [-0.05, 0) is 34.6 Å². The zero-order chi connectivity index (χ0) is 16.4. The number of amides is 2. The van der Waals surface area contributed by atoms with Crippen molar-refractivity contribution in [3.8, 4) is 0 Å². The molecule has 122 valence electrons. The van der Waals surface area contributed by atoms with E-state index in [9.17, 15) is 14.7 Å². The van der Waals surface area contributed by atoms with Crippen LogP contribution in [0.2, 0.25) is 0 Å². The molecule has 2 N–H and O–H groups in total. The summed E-state index contributed by atoms with van der Waals surface area (Å²) in [5.41, 5.74) is -1.55. The summed E-state index contributed by atoms with van der Waals surface area (Å²) in [6.45, 7) is 10.1. The van der Waals surface area contributed by atoms with E-state index in [2.05, 4.69) is 5.32 Å². The third kappa shape index (κ3) is 4.57. The lowest BCUT2D eigenvalue weighted by atomic mass is 10.1. The molecule has 2 atom stereocenters. The first-order valence-corrected chi connectivity index (χ1v) is 7.03. The molecule has 0 aromatic rings. The molecule has 21 heavy (non-hydrogen) atoms. The van der Waals surface area contributed by atoms with E-state index in [0.29, 0.717) is 0 Å². The topological polar surface area (TPSA) is 88.1 Å². The lowest BCUT2D eigenvalue weighted by Crippen LogP contribution is -2.52. The molecule has 1 fully saturated rings. The highest BCUT2D eigenvalue weighted by Crippen LogP contribution is 2.33. The molecule has 0 unspecified atom stereocenters. The van der Waals surface area contributed by atoms with Gasteiger partial charge >= 0.3 is 6.09 Å². The Kier molecular flexibility index (Phi) is 5.22. The van der Waals surface area contributed by atoms with Crippen LogP contribution in [-0.2, 0) is 14.3 Å². The first-order chi connectivity index (χ1) is 9.48. The van der Waals surface area contributed by atoms with Gasteiger partial charge in [-0.2, -0.15) is 0 Å². The maximum absolute atomic E-state index is 12.4. The van der Waals surface area contributed by atoms with E-state index in [0.717, 1.165) is 0 Å². The highest BCUT2D eigenvalue weighted by Gasteiger charge is 2.50. The highest BCUT2D eigenvalue weighted by molar-refractivity contribution is 5.73. The third-order valence-electron chi connectivity index (χ3n) is 3.11. The van der Waals surface area contributed by atoms with Gasteiger partial charge in [-0.25, -0.2) is 4.79 Å². The minimum absolute atomic E-state index is 0.191. The Morgan fingerprint density at radius 3 is 2.38 bits per heavy atom. The average Bonchev–Trinajstić information content (AvgIpc) is 2.54. The molecule has 0 aliphatic carbocycles. The van der Waals surface area contributed by atoms with Crippen LogP contribution in [0.5, 0.6) is 0 Å². The van der Waals surface area contributed by atoms with Gasteiger partial charge in [0.25, 0.3) is 0 Å². The van der Waals surface area contributed by atoms with Gasteiger partial charge in [0.05, 0.1) is 12.6 Å². The van der Waals surface area contributed by atoms with Gasteiger partial charge in [-0.1, -0.05) is 0 Å². The summed E-state index contributed by atoms with van der Waals surface area (Å²) in [5.74, 6) is -0.191. The molecule has 1 heterocycles. The van der Waals surface area contributed by atoms with E-state index < -0.39 is 29.6 Å². The van der Waals surface area contributed by atoms with Crippen LogP contribution < -0.4 is 5.32 Å². The van der Waals surface area contributed by atoms with E-state index in [1.165, 1.54) is 11.8 Å². The maximum Gasteiger partial charge on any atom is 0.412 e. The van der Waals surface area contributed by atoms with Gasteiger partial charge in [-0.3, -0.25) is 9.69 Å². The standard InChI is InChI=1S/C14H26N2O5/c1-9(18)15-7-11-10(8-17)16(14(5,6)20-11)12(19)21-13(2,3)4/h10-11,17H,7-8H2,1-6H3,(H,15,18)/t10-,11-/m1/s1. The number of rotatable bonds is 3. The first kappa shape index (κ1) is 17.7. The average molecular weight is 302 g/mol. The first-order valence-electron chi connectivity index (χ1n) is 7.03. The molecule has 0 aromatic carbocycles. The van der Waals surface area contributed by atoms with E-state index in [4.69, 9.17) is 9.47 Å². The van der Waals surface area contributed by atoms with Crippen molar-refractivity contribution in [2.75, 3.05) is 13.2 Å². The van der Waals surface area contributed by atoms with Gasteiger partial charge < -0.3 is 19.9 Å². The van der Waals surface area contributed by atoms with E-state index >= 15 is 0 Å². The van der Waals surface area contributed by atoms with Gasteiger partial charge in [0.15, 0.2) is 0 Å². The molecule has 0 saturated carbocycles. The zero-order valence-corrected chi connectivity index (χ0v) is 13.6. The fourth-order valence-electron chi connectivity index (χ4n) is 2.36. The molecule has 2 amide bonds. The predicted molar refractivity (Wildman–Crippen MR) is 76.6 cm³/mol. The molecule has 0 aromatic heterocycles. The molecule has 7 nitrogen and oxygen atoms in total. The molecule has 0 bridgehead atoms. The smallest absolute Gasteiger partial charge is 0.412 e. The van der Waals surface area contributed by atoms with Crippen LogP contribution in [-0.4, -0.2) is 58.6 Å². The van der Waals surface area contributed by atoms with E-state index in [-0.39, 0.29) is 19.1 Å². The number of carbonyl (C=O) groups is 2. The number of ether oxygens (including phenoxy) is 2. The minimum Gasteiger partial charge on any atom is -0.444 e. The SMILES string of the molecule is CC(=O)NC[C@H]1OC(C)(C)N(C(=O)OC(C)(C)C)[C@@H]1CO. The van der Waals surface area contributed by atoms with Crippen molar-refractivity contribution >= 4 is 12.0 Å². The Hall–Kier alpha value is -1.34. The van der Waals surface area contributed by atoms with Crippen LogP contribution in [0.25, 0.3) is 0 Å². The minimum atomic E-state index is -0.918. The molecule has 7 heteroatoms. The maximum atomic E-state index is 12.4. The normalized spacial score (nSPS) is 24.8. The summed E-state index contributed by atoms with van der Waals surface area (Å²) < 4.78 is 11.2. The van der Waals surface area contributed by atoms with Crippen molar-refractivity contribution in [1.29, 1.82) is 0 Å². The van der Waals surface area contributed by atoms with Crippen LogP contribution in [0.15, 0.2) is 0 Å². The molecule has 0 radical (unpaired) electrons. The second-order valence-corrected chi connectivity index (χ2v) is 6.64. The van der Waals surface area contributed by atoms with Crippen molar-refractivity contribution in [2.45, 2.75) is 65.0 Å². The number of nitrogens with one attached hydrogen (secondary N) is 1. The molecule has 1 aliphatic rings. The van der Waals surface area contributed by atoms with Crippen molar-refractivity contribution in [1.82, 2.24) is 10.2 Å². The van der Waals surface area contributed by atoms with Gasteiger partial charge in [-0.15, -0.1) is 0 Å². The number of hydrogen-bond acceptors (Lipinski definition) is 5. The Balaban J connectivity index is 2.90. The fourth-order valence-corrected chi connectivity index (χ4v) is 2.36. The van der Waals surface area contributed by atoms with Gasteiger partial charge in [0, 0.05) is 13.5 Å². The molecular weight excluding hydrogens is 276 g/mol. The predicted octanol–water partition coefficient (Wildman–Crippen LogP) is 0.855. The summed E-state index contributed by atoms with van der Waals surface area (Å²) in [4.78, 5) is 24.8. The highest BCUT2D eigenvalue weighted by atomic mass is 16.6. The summed E-state index contributed by atoms with van der Waals surface area (Å²) in [7, 11) is 0. The Morgan fingerprint density at radius 1 is 1.38 bits per heavy atom. The van der Waals surface area contributed by atoms with Crippen LogP contribution in [0, 0.1) is 0 Å². The number of aliphatic hydroxyl groups is 1. The second-order valence-electron chi connectivity index (χ2n) is 6.64. The van der Waals surface area contributed by atoms with Gasteiger partial charge in [0.2, 0.25) is 5.91 Å². The Labute approximate surface area is 125 Å². The Morgan fingerprint density at radius 2 is 1.95 bits per heavy atom. The quantitative estimate of drug-likeness (QED) is 0.807. The number of aliphatic hydroxyl groups excluding tert-OH is 1. The molecule has 0 spiro atoms. The summed E-state index contributed by atoms with van der Waals surface area (Å²) in [6.07, 6.45) is -1.03. The van der Waals surface area contributed by atoms with Gasteiger partial charge in [0.1, 0.15) is 17.4 Å². The van der Waals surface area contributed by atoms with Crippen LogP contribution >= 0.6 is 0 Å². The van der Waals surface area contributed by atoms with Crippen LogP contribution in [0.3, 0.4) is 0 Å². The monoisotopic (exact) mass is 302 g/mol. The number of hydrogen-bond donors (Lipinski definition) is 2. The molecule has 1 rings (SSSR count). The largest absolute Gasteiger partial charge is 0.444 e. The van der Waals surface area contributed by atoms with E-state index in [1.807, 2.05) is 0 Å². The van der Waals surface area contributed by atoms with Crippen molar-refractivity contribution in [3.05, 3.63) is 0 Å². The fraction of sp³-hybridized carbons (Fsp3) is 0.857. The lowest BCUT2D eigenvalue weighted by Gasteiger charge is -2.34. The van der Waals surface area contributed by atoms with Crippen molar-refractivity contribution in [2.24, 2.45) is 0 Å². The Bertz CT molecular complexity index is 403. The molecular formula is C14H26N2O5. The number of nitrogens with zero attached hydrogens (tertiary/aromatic N) is 1. The number of carbonyl (C=O) groups excluding carboxylic acids is 2. The zero-order valence-electron chi connectivity index (χ0n) is 13.6. The van der Waals surface area contributed by atoms with Crippen molar-refractivity contribution < 1.29 is 24.2 Å². The molecule has 1 saturated heterocycles. The lowest BCUT2D eigenvalue weighted by molar-refractivity contribution is -0.120. The van der Waals surface area contributed by atoms with Crippen LogP contribution in [0.1, 0.15) is 41.5 Å². The van der Waals surface area contributed by atoms with E-state index in [1.54, 1.807) is 34.6 Å². The molecule has 1 aliphatic heterocycles. The third-order valence-corrected chi connectivity index (χ3v) is 3.11.